The van der Waals surface area contributed by atoms with Gasteiger partial charge in [0, 0.05) is 13.0 Å². The van der Waals surface area contributed by atoms with E-state index in [1.807, 2.05) is 0 Å². The molecule has 0 aliphatic heterocycles. The summed E-state index contributed by atoms with van der Waals surface area (Å²) < 4.78 is 5.16. The molecule has 4 aliphatic rings. The van der Waals surface area contributed by atoms with Crippen molar-refractivity contribution in [3.05, 3.63) is 0 Å². The number of aliphatic hydroxyl groups is 1. The predicted molar refractivity (Wildman–Crippen MR) is 76.1 cm³/mol. The van der Waals surface area contributed by atoms with Crippen molar-refractivity contribution < 1.29 is 14.6 Å². The smallest absolute Gasteiger partial charge is 0.220 e. The lowest BCUT2D eigenvalue weighted by Crippen LogP contribution is -2.48. The minimum absolute atomic E-state index is 0.0429. The fourth-order valence-electron chi connectivity index (χ4n) is 5.34. The van der Waals surface area contributed by atoms with Gasteiger partial charge in [0.15, 0.2) is 0 Å². The Kier molecular flexibility index (Phi) is 4.32. The first kappa shape index (κ1) is 14.3. The van der Waals surface area contributed by atoms with Crippen molar-refractivity contribution in [2.45, 2.75) is 44.9 Å². The molecule has 0 atom stereocenters. The quantitative estimate of drug-likeness (QED) is 0.699. The summed E-state index contributed by atoms with van der Waals surface area (Å²) in [7, 11) is 0. The van der Waals surface area contributed by atoms with Crippen LogP contribution in [0.3, 0.4) is 0 Å². The summed E-state index contributed by atoms with van der Waals surface area (Å²) in [5, 5.41) is 11.6. The number of rotatable bonds is 7. The van der Waals surface area contributed by atoms with E-state index in [4.69, 9.17) is 9.84 Å². The van der Waals surface area contributed by atoms with Crippen LogP contribution in [0.5, 0.6) is 0 Å². The topological polar surface area (TPSA) is 58.6 Å². The Balaban J connectivity index is 1.44. The van der Waals surface area contributed by atoms with Gasteiger partial charge in [0.05, 0.1) is 19.8 Å². The van der Waals surface area contributed by atoms with E-state index in [0.29, 0.717) is 25.2 Å². The SMILES string of the molecule is O=C(CC12CC3CC(CC(C3)C1)C2)NCCOCCO. The average Bonchev–Trinajstić information content (AvgIpc) is 2.36. The summed E-state index contributed by atoms with van der Waals surface area (Å²) in [4.78, 5) is 12.1. The van der Waals surface area contributed by atoms with E-state index in [1.54, 1.807) is 0 Å². The number of carbonyl (C=O) groups is 1. The summed E-state index contributed by atoms with van der Waals surface area (Å²) >= 11 is 0. The lowest BCUT2D eigenvalue weighted by molar-refractivity contribution is -0.129. The molecule has 2 N–H and O–H groups in total. The molecule has 0 aromatic carbocycles. The van der Waals surface area contributed by atoms with Gasteiger partial charge in [-0.05, 0) is 61.7 Å². The summed E-state index contributed by atoms with van der Waals surface area (Å²) in [5.41, 5.74) is 0.324. The highest BCUT2D eigenvalue weighted by molar-refractivity contribution is 5.76. The first-order valence-electron chi connectivity index (χ1n) is 8.14. The number of hydrogen-bond donors (Lipinski definition) is 2. The fourth-order valence-corrected chi connectivity index (χ4v) is 5.34. The van der Waals surface area contributed by atoms with Crippen LogP contribution >= 0.6 is 0 Å². The van der Waals surface area contributed by atoms with E-state index in [0.717, 1.165) is 24.2 Å². The van der Waals surface area contributed by atoms with Crippen LogP contribution in [0.4, 0.5) is 0 Å². The molecule has 4 bridgehead atoms. The summed E-state index contributed by atoms with van der Waals surface area (Å²) in [5.74, 6) is 2.91. The Labute approximate surface area is 121 Å². The van der Waals surface area contributed by atoms with Gasteiger partial charge in [-0.1, -0.05) is 0 Å². The summed E-state index contributed by atoms with van der Waals surface area (Å²) in [6, 6.07) is 0. The number of aliphatic hydroxyl groups excluding tert-OH is 1. The number of nitrogens with one attached hydrogen (secondary N) is 1. The van der Waals surface area contributed by atoms with Crippen LogP contribution in [0.25, 0.3) is 0 Å². The van der Waals surface area contributed by atoms with E-state index in [1.165, 1.54) is 38.5 Å². The monoisotopic (exact) mass is 281 g/mol. The van der Waals surface area contributed by atoms with Crippen LogP contribution in [0.2, 0.25) is 0 Å². The minimum Gasteiger partial charge on any atom is -0.394 e. The molecule has 4 rings (SSSR count). The first-order valence-corrected chi connectivity index (χ1v) is 8.14. The minimum atomic E-state index is 0.0429. The fraction of sp³-hybridized carbons (Fsp3) is 0.938. The summed E-state index contributed by atoms with van der Waals surface area (Å²) in [6.07, 6.45) is 8.85. The molecule has 4 fully saturated rings. The normalized spacial score (nSPS) is 38.1. The molecule has 0 unspecified atom stereocenters. The molecule has 20 heavy (non-hydrogen) atoms. The highest BCUT2D eigenvalue weighted by Gasteiger charge is 2.51. The third-order valence-corrected chi connectivity index (χ3v) is 5.50. The van der Waals surface area contributed by atoms with Crippen molar-refractivity contribution in [1.82, 2.24) is 5.32 Å². The average molecular weight is 281 g/mol. The summed E-state index contributed by atoms with van der Waals surface area (Å²) in [6.45, 7) is 1.45. The van der Waals surface area contributed by atoms with Gasteiger partial charge in [-0.15, -0.1) is 0 Å². The number of ether oxygens (including phenoxy) is 1. The molecule has 0 saturated heterocycles. The van der Waals surface area contributed by atoms with Crippen LogP contribution in [0, 0.1) is 23.2 Å². The molecule has 0 heterocycles. The standard InChI is InChI=1S/C16H27NO3/c18-2-4-20-3-1-17-15(19)11-16-8-12-5-13(9-16)7-14(6-12)10-16/h12-14,18H,1-11H2,(H,17,19). The van der Waals surface area contributed by atoms with Crippen molar-refractivity contribution in [2.75, 3.05) is 26.4 Å². The van der Waals surface area contributed by atoms with Crippen molar-refractivity contribution in [3.63, 3.8) is 0 Å². The van der Waals surface area contributed by atoms with Crippen LogP contribution < -0.4 is 5.32 Å². The van der Waals surface area contributed by atoms with Gasteiger partial charge in [0.1, 0.15) is 0 Å². The van der Waals surface area contributed by atoms with Gasteiger partial charge in [0.25, 0.3) is 0 Å². The Hall–Kier alpha value is -0.610. The van der Waals surface area contributed by atoms with Crippen LogP contribution in [0.15, 0.2) is 0 Å². The molecule has 0 spiro atoms. The third-order valence-electron chi connectivity index (χ3n) is 5.50. The molecular weight excluding hydrogens is 254 g/mol. The van der Waals surface area contributed by atoms with Gasteiger partial charge < -0.3 is 15.2 Å². The number of amides is 1. The zero-order chi connectivity index (χ0) is 14.0. The zero-order valence-electron chi connectivity index (χ0n) is 12.3. The maximum atomic E-state index is 12.1. The van der Waals surface area contributed by atoms with Gasteiger partial charge in [0.2, 0.25) is 5.91 Å². The number of carbonyl (C=O) groups excluding carboxylic acids is 1. The van der Waals surface area contributed by atoms with Crippen molar-refractivity contribution in [2.24, 2.45) is 23.2 Å². The highest BCUT2D eigenvalue weighted by atomic mass is 16.5. The van der Waals surface area contributed by atoms with E-state index >= 15 is 0 Å². The van der Waals surface area contributed by atoms with E-state index in [9.17, 15) is 4.79 Å². The third kappa shape index (κ3) is 3.17. The molecular formula is C16H27NO3. The van der Waals surface area contributed by atoms with Gasteiger partial charge in [-0.2, -0.15) is 0 Å². The molecule has 0 aromatic heterocycles. The molecule has 4 aliphatic carbocycles. The van der Waals surface area contributed by atoms with Crippen LogP contribution in [-0.2, 0) is 9.53 Å². The first-order chi connectivity index (χ1) is 9.69. The van der Waals surface area contributed by atoms with E-state index < -0.39 is 0 Å². The Morgan fingerprint density at radius 3 is 2.25 bits per heavy atom. The molecule has 4 heteroatoms. The molecule has 0 aromatic rings. The second-order valence-corrected chi connectivity index (χ2v) is 7.28. The second-order valence-electron chi connectivity index (χ2n) is 7.28. The maximum absolute atomic E-state index is 12.1. The maximum Gasteiger partial charge on any atom is 0.220 e. The molecule has 0 radical (unpaired) electrons. The van der Waals surface area contributed by atoms with Crippen molar-refractivity contribution in [3.8, 4) is 0 Å². The van der Waals surface area contributed by atoms with Crippen molar-refractivity contribution >= 4 is 5.91 Å². The van der Waals surface area contributed by atoms with Gasteiger partial charge in [-0.3, -0.25) is 4.79 Å². The largest absolute Gasteiger partial charge is 0.394 e. The molecule has 4 saturated carbocycles. The molecule has 1 amide bonds. The zero-order valence-corrected chi connectivity index (χ0v) is 12.3. The Morgan fingerprint density at radius 1 is 1.10 bits per heavy atom. The lowest BCUT2D eigenvalue weighted by Gasteiger charge is -2.56. The van der Waals surface area contributed by atoms with Crippen LogP contribution in [-0.4, -0.2) is 37.4 Å². The second kappa shape index (κ2) is 6.02. The van der Waals surface area contributed by atoms with Crippen LogP contribution in [0.1, 0.15) is 44.9 Å². The molecule has 4 nitrogen and oxygen atoms in total. The predicted octanol–water partition coefficient (Wildman–Crippen LogP) is 1.72. The Morgan fingerprint density at radius 2 is 1.70 bits per heavy atom. The Bertz CT molecular complexity index is 320. The lowest BCUT2D eigenvalue weighted by atomic mass is 9.49. The van der Waals surface area contributed by atoms with Gasteiger partial charge >= 0.3 is 0 Å². The number of hydrogen-bond acceptors (Lipinski definition) is 3. The van der Waals surface area contributed by atoms with Crippen molar-refractivity contribution in [1.29, 1.82) is 0 Å². The van der Waals surface area contributed by atoms with E-state index in [-0.39, 0.29) is 12.5 Å². The molecule has 114 valence electrons. The highest BCUT2D eigenvalue weighted by Crippen LogP contribution is 2.61. The van der Waals surface area contributed by atoms with E-state index in [2.05, 4.69) is 5.32 Å². The van der Waals surface area contributed by atoms with Gasteiger partial charge in [-0.25, -0.2) is 0 Å².